The van der Waals surface area contributed by atoms with Crippen LogP contribution in [0.3, 0.4) is 0 Å². The normalized spacial score (nSPS) is 16.0. The predicted octanol–water partition coefficient (Wildman–Crippen LogP) is 3.69. The first-order valence-electron chi connectivity index (χ1n) is 10.4. The average molecular weight is 495 g/mol. The summed E-state index contributed by atoms with van der Waals surface area (Å²) in [5.74, 6) is -1.78. The Morgan fingerprint density at radius 2 is 1.47 bits per heavy atom. The minimum atomic E-state index is -2.23. The van der Waals surface area contributed by atoms with E-state index in [9.17, 15) is 9.59 Å². The van der Waals surface area contributed by atoms with Gasteiger partial charge in [-0.3, -0.25) is 0 Å². The van der Waals surface area contributed by atoms with Crippen molar-refractivity contribution in [1.29, 1.82) is 0 Å². The van der Waals surface area contributed by atoms with Crippen LogP contribution in [0, 0.1) is 5.92 Å². The van der Waals surface area contributed by atoms with Crippen LogP contribution in [0.1, 0.15) is 41.0 Å². The zero-order chi connectivity index (χ0) is 24.0. The van der Waals surface area contributed by atoms with Crippen molar-refractivity contribution >= 4 is 47.9 Å². The summed E-state index contributed by atoms with van der Waals surface area (Å²) in [4.78, 5) is 22.8. The SMILES string of the molecule is CC(C)C(C)(CC(C)(C)[SiH2]O[SiH](O[Si](C)(C)C)O[Si](C)(C)C)OC(=O)C=CC(=O)O. The van der Waals surface area contributed by atoms with Crippen LogP contribution in [-0.4, -0.2) is 58.6 Å². The van der Waals surface area contributed by atoms with Crippen molar-refractivity contribution in [1.82, 2.24) is 0 Å². The molecule has 0 aromatic carbocycles. The first kappa shape index (κ1) is 29.4. The van der Waals surface area contributed by atoms with Gasteiger partial charge in [0.1, 0.15) is 5.60 Å². The van der Waals surface area contributed by atoms with Crippen LogP contribution >= 0.6 is 0 Å². The maximum Gasteiger partial charge on any atom is 0.452 e. The third kappa shape index (κ3) is 13.7. The third-order valence-corrected chi connectivity index (χ3v) is 14.2. The molecule has 0 saturated heterocycles. The molecule has 1 N–H and O–H groups in total. The summed E-state index contributed by atoms with van der Waals surface area (Å²) in [6, 6.07) is 0. The lowest BCUT2D eigenvalue weighted by Gasteiger charge is -2.40. The highest BCUT2D eigenvalue weighted by Gasteiger charge is 2.40. The highest BCUT2D eigenvalue weighted by atomic mass is 28.5. The fourth-order valence-electron chi connectivity index (χ4n) is 2.73. The van der Waals surface area contributed by atoms with Gasteiger partial charge in [-0.25, -0.2) is 9.59 Å². The topological polar surface area (TPSA) is 91.3 Å². The van der Waals surface area contributed by atoms with Crippen LogP contribution in [0.15, 0.2) is 12.2 Å². The first-order chi connectivity index (χ1) is 13.2. The Kier molecular flexibility index (Phi) is 11.1. The van der Waals surface area contributed by atoms with E-state index in [1.807, 2.05) is 20.8 Å². The van der Waals surface area contributed by atoms with Gasteiger partial charge in [0.25, 0.3) is 0 Å². The zero-order valence-corrected chi connectivity index (χ0v) is 25.2. The van der Waals surface area contributed by atoms with Gasteiger partial charge in [0.05, 0.1) is 0 Å². The van der Waals surface area contributed by atoms with E-state index in [4.69, 9.17) is 22.2 Å². The van der Waals surface area contributed by atoms with Gasteiger partial charge in [-0.2, -0.15) is 0 Å². The molecule has 0 spiro atoms. The Bertz CT molecular complexity index is 593. The Labute approximate surface area is 188 Å². The summed E-state index contributed by atoms with van der Waals surface area (Å²) in [7, 11) is -6.87. The second-order valence-corrected chi connectivity index (χ2v) is 25.4. The molecule has 0 aliphatic rings. The number of hydrogen-bond acceptors (Lipinski definition) is 6. The van der Waals surface area contributed by atoms with Crippen molar-refractivity contribution in [3.8, 4) is 0 Å². The van der Waals surface area contributed by atoms with Gasteiger partial charge in [0.2, 0.25) is 0 Å². The lowest BCUT2D eigenvalue weighted by atomic mass is 9.83. The molecular weight excluding hydrogens is 453 g/mol. The number of ether oxygens (including phenoxy) is 1. The predicted molar refractivity (Wildman–Crippen MR) is 130 cm³/mol. The van der Waals surface area contributed by atoms with Crippen molar-refractivity contribution in [2.24, 2.45) is 5.92 Å². The molecular formula is C19H42O7Si4. The minimum absolute atomic E-state index is 0.0532. The second kappa shape index (κ2) is 11.3. The smallest absolute Gasteiger partial charge is 0.452 e. The number of carbonyl (C=O) groups excluding carboxylic acids is 1. The molecule has 1 atom stereocenters. The number of carboxylic acids is 1. The number of hydrogen-bond donors (Lipinski definition) is 1. The van der Waals surface area contributed by atoms with Crippen LogP contribution in [-0.2, 0) is 26.7 Å². The molecule has 0 fully saturated rings. The van der Waals surface area contributed by atoms with E-state index in [0.717, 1.165) is 12.2 Å². The number of rotatable bonds is 13. The molecule has 0 bridgehead atoms. The van der Waals surface area contributed by atoms with Gasteiger partial charge in [0, 0.05) is 12.2 Å². The monoisotopic (exact) mass is 494 g/mol. The van der Waals surface area contributed by atoms with E-state index in [0.29, 0.717) is 6.42 Å². The largest absolute Gasteiger partial charge is 0.478 e. The molecule has 1 unspecified atom stereocenters. The van der Waals surface area contributed by atoms with Crippen LogP contribution in [0.5, 0.6) is 0 Å². The molecule has 30 heavy (non-hydrogen) atoms. The Balaban J connectivity index is 5.27. The number of aliphatic carboxylic acids is 1. The van der Waals surface area contributed by atoms with Crippen molar-refractivity contribution < 1.29 is 31.8 Å². The van der Waals surface area contributed by atoms with Gasteiger partial charge in [-0.05, 0) is 63.6 Å². The average Bonchev–Trinajstić information content (AvgIpc) is 2.47. The summed E-state index contributed by atoms with van der Waals surface area (Å²) in [5, 5.41) is 8.55. The molecule has 7 nitrogen and oxygen atoms in total. The number of carboxylic acid groups (broad SMARTS) is 1. The molecule has 0 aliphatic carbocycles. The maximum absolute atomic E-state index is 12.1. The van der Waals surface area contributed by atoms with Gasteiger partial charge < -0.3 is 22.2 Å². The molecule has 11 heteroatoms. The van der Waals surface area contributed by atoms with Crippen LogP contribution in [0.4, 0.5) is 0 Å². The van der Waals surface area contributed by atoms with Crippen molar-refractivity contribution in [3.63, 3.8) is 0 Å². The molecule has 0 aliphatic heterocycles. The molecule has 0 aromatic rings. The highest BCUT2D eigenvalue weighted by Crippen LogP contribution is 2.40. The standard InChI is InChI=1S/C19H42O7Si4/c1-15(2)19(5,23-17(22)13-12-16(20)21)14-18(3,4)27-24-28(25-29(6,7)8)26-30(9,10)11/h12-13,15,28H,14,27H2,1-11H3,(H,20,21). The van der Waals surface area contributed by atoms with Crippen molar-refractivity contribution in [3.05, 3.63) is 12.2 Å². The summed E-state index contributed by atoms with van der Waals surface area (Å²) in [5.41, 5.74) is -0.740. The molecule has 0 aromatic heterocycles. The Morgan fingerprint density at radius 3 is 1.83 bits per heavy atom. The summed E-state index contributed by atoms with van der Waals surface area (Å²) in [6.45, 7) is 22.9. The van der Waals surface area contributed by atoms with Crippen LogP contribution < -0.4 is 0 Å². The Hall–Kier alpha value is -0.572. The molecule has 0 rings (SSSR count). The van der Waals surface area contributed by atoms with E-state index < -0.39 is 53.5 Å². The van der Waals surface area contributed by atoms with E-state index in [1.165, 1.54) is 0 Å². The Morgan fingerprint density at radius 1 is 1.00 bits per heavy atom. The molecule has 176 valence electrons. The fourth-order valence-corrected chi connectivity index (χ4v) is 12.7. The zero-order valence-electron chi connectivity index (χ0n) is 20.6. The molecule has 0 heterocycles. The number of esters is 1. The van der Waals surface area contributed by atoms with Gasteiger partial charge >= 0.3 is 21.5 Å². The maximum atomic E-state index is 12.1. The van der Waals surface area contributed by atoms with Crippen molar-refractivity contribution in [2.75, 3.05) is 0 Å². The number of carbonyl (C=O) groups is 2. The first-order valence-corrected chi connectivity index (χ1v) is 19.9. The third-order valence-electron chi connectivity index (χ3n) is 4.26. The van der Waals surface area contributed by atoms with Gasteiger partial charge in [-0.15, -0.1) is 0 Å². The molecule has 0 radical (unpaired) electrons. The quantitative estimate of drug-likeness (QED) is 0.237. The lowest BCUT2D eigenvalue weighted by molar-refractivity contribution is -0.158. The highest BCUT2D eigenvalue weighted by molar-refractivity contribution is 6.80. The van der Waals surface area contributed by atoms with E-state index in [2.05, 4.69) is 53.1 Å². The molecule has 0 amide bonds. The fraction of sp³-hybridized carbons (Fsp3) is 0.789. The van der Waals surface area contributed by atoms with Crippen LogP contribution in [0.25, 0.3) is 0 Å². The summed E-state index contributed by atoms with van der Waals surface area (Å²) < 4.78 is 24.5. The van der Waals surface area contributed by atoms with Crippen molar-refractivity contribution in [2.45, 2.75) is 91.0 Å². The van der Waals surface area contributed by atoms with Crippen LogP contribution in [0.2, 0.25) is 44.3 Å². The van der Waals surface area contributed by atoms with Gasteiger partial charge in [-0.1, -0.05) is 27.7 Å². The van der Waals surface area contributed by atoms with E-state index >= 15 is 0 Å². The minimum Gasteiger partial charge on any atom is -0.478 e. The molecule has 0 saturated carbocycles. The van der Waals surface area contributed by atoms with E-state index in [-0.39, 0.29) is 11.0 Å². The summed E-state index contributed by atoms with van der Waals surface area (Å²) >= 11 is 0. The lowest BCUT2D eigenvalue weighted by Crippen LogP contribution is -2.47. The van der Waals surface area contributed by atoms with Gasteiger partial charge in [0.15, 0.2) is 26.4 Å². The summed E-state index contributed by atoms with van der Waals surface area (Å²) in [6.07, 6.45) is 2.36. The van der Waals surface area contributed by atoms with E-state index in [1.54, 1.807) is 0 Å². The second-order valence-electron chi connectivity index (χ2n) is 11.0.